The second-order valence-corrected chi connectivity index (χ2v) is 16.6. The van der Waals surface area contributed by atoms with E-state index in [0.717, 1.165) is 57.8 Å². The number of aromatic nitrogens is 3. The molecule has 4 rings (SSSR count). The SMILES string of the molecule is CCCCC(CC)COCC(O)COc1ccc(-c2nc(OC)nc(-c3ccc(OCC(COCC(CC)CCCC)OCC4CO4)cc3OCC(CC)CCCC)n2)c(O)c1. The minimum atomic E-state index is -0.812. The van der Waals surface area contributed by atoms with Crippen molar-refractivity contribution in [1.82, 2.24) is 15.0 Å². The molecule has 6 unspecified atom stereocenters. The fraction of sp³-hybridized carbons (Fsp3) is 0.694. The molecule has 0 spiro atoms. The number of ether oxygens (including phenoxy) is 8. The molecule has 1 fully saturated rings. The Balaban J connectivity index is 1.51. The van der Waals surface area contributed by atoms with Gasteiger partial charge in [0.25, 0.3) is 0 Å². The van der Waals surface area contributed by atoms with Crippen molar-refractivity contribution in [2.24, 2.45) is 17.8 Å². The van der Waals surface area contributed by atoms with E-state index in [9.17, 15) is 10.2 Å². The molecule has 0 saturated carbocycles. The number of epoxide rings is 1. The van der Waals surface area contributed by atoms with Crippen LogP contribution in [0.2, 0.25) is 0 Å². The Bertz CT molecular complexity index is 1680. The molecule has 1 aliphatic rings. The minimum Gasteiger partial charge on any atom is -0.507 e. The number of aromatic hydroxyl groups is 1. The lowest BCUT2D eigenvalue weighted by Crippen LogP contribution is -2.29. The van der Waals surface area contributed by atoms with E-state index in [1.807, 2.05) is 18.2 Å². The summed E-state index contributed by atoms with van der Waals surface area (Å²) in [6.45, 7) is 17.1. The first kappa shape index (κ1) is 50.9. The summed E-state index contributed by atoms with van der Waals surface area (Å²) in [6, 6.07) is 10.5. The zero-order chi connectivity index (χ0) is 44.5. The summed E-state index contributed by atoms with van der Waals surface area (Å²) < 4.78 is 47.9. The lowest BCUT2D eigenvalue weighted by molar-refractivity contribution is -0.0481. The van der Waals surface area contributed by atoms with Gasteiger partial charge in [-0.2, -0.15) is 9.97 Å². The molecule has 13 nitrogen and oxygen atoms in total. The molecule has 6 atom stereocenters. The molecule has 2 heterocycles. The van der Waals surface area contributed by atoms with Crippen LogP contribution in [-0.4, -0.2) is 110 Å². The predicted molar refractivity (Wildman–Crippen MR) is 242 cm³/mol. The van der Waals surface area contributed by atoms with Crippen LogP contribution >= 0.6 is 0 Å². The fourth-order valence-electron chi connectivity index (χ4n) is 7.00. The number of aliphatic hydroxyl groups excluding tert-OH is 1. The van der Waals surface area contributed by atoms with Crippen molar-refractivity contribution in [3.05, 3.63) is 36.4 Å². The van der Waals surface area contributed by atoms with E-state index in [2.05, 4.69) is 51.5 Å². The molecule has 0 bridgehead atoms. The van der Waals surface area contributed by atoms with Crippen LogP contribution in [-0.2, 0) is 18.9 Å². The Morgan fingerprint density at radius 1 is 0.645 bits per heavy atom. The standard InChI is InChI=1S/C49H77N3O10/c1-8-14-17-35(11-4)26-56-29-38(53)30-58-39-20-22-43(45(54)24-39)47-50-48(52-49(51-47)55-7)44-23-21-40(25-46(44)62-28-37(13-6)19-16-10-3)59-32-41(60-33-42-34-61-42)31-57-27-36(12-5)18-15-9-2/h20-25,35-38,41-42,53-54H,8-19,26-34H2,1-7H3. The Hall–Kier alpha value is -3.75. The number of phenols is 1. The van der Waals surface area contributed by atoms with E-state index in [0.29, 0.717) is 98.2 Å². The highest BCUT2D eigenvalue weighted by Crippen LogP contribution is 2.36. The van der Waals surface area contributed by atoms with Crippen molar-refractivity contribution in [2.75, 3.05) is 66.6 Å². The highest BCUT2D eigenvalue weighted by molar-refractivity contribution is 5.70. The molecule has 0 radical (unpaired) electrons. The molecule has 1 saturated heterocycles. The number of hydrogen-bond acceptors (Lipinski definition) is 13. The fourth-order valence-corrected chi connectivity index (χ4v) is 7.00. The Kier molecular flexibility index (Phi) is 23.7. The van der Waals surface area contributed by atoms with Crippen molar-refractivity contribution in [3.8, 4) is 51.8 Å². The lowest BCUT2D eigenvalue weighted by atomic mass is 10.0. The van der Waals surface area contributed by atoms with Crippen LogP contribution in [0.25, 0.3) is 22.8 Å². The van der Waals surface area contributed by atoms with Gasteiger partial charge >= 0.3 is 6.01 Å². The number of hydrogen-bond donors (Lipinski definition) is 2. The molecule has 1 aliphatic heterocycles. The first-order chi connectivity index (χ1) is 30.2. The molecule has 0 aliphatic carbocycles. The van der Waals surface area contributed by atoms with E-state index in [4.69, 9.17) is 42.9 Å². The van der Waals surface area contributed by atoms with Crippen LogP contribution in [0, 0.1) is 17.8 Å². The van der Waals surface area contributed by atoms with Crippen molar-refractivity contribution in [2.45, 2.75) is 137 Å². The first-order valence-electron chi connectivity index (χ1n) is 23.5. The van der Waals surface area contributed by atoms with Crippen LogP contribution in [0.4, 0.5) is 0 Å². The average Bonchev–Trinajstić information content (AvgIpc) is 4.13. The van der Waals surface area contributed by atoms with Gasteiger partial charge in [0.2, 0.25) is 0 Å². The molecule has 348 valence electrons. The molecule has 1 aromatic heterocycles. The summed E-state index contributed by atoms with van der Waals surface area (Å²) >= 11 is 0. The van der Waals surface area contributed by atoms with Crippen molar-refractivity contribution < 1.29 is 48.1 Å². The maximum atomic E-state index is 11.2. The number of rotatable bonds is 35. The third-order valence-corrected chi connectivity index (χ3v) is 11.4. The van der Waals surface area contributed by atoms with Crippen LogP contribution in [0.5, 0.6) is 29.0 Å². The highest BCUT2D eigenvalue weighted by Gasteiger charge is 2.25. The monoisotopic (exact) mass is 868 g/mol. The van der Waals surface area contributed by atoms with Crippen LogP contribution < -0.4 is 18.9 Å². The van der Waals surface area contributed by atoms with E-state index >= 15 is 0 Å². The molecular formula is C49H77N3O10. The van der Waals surface area contributed by atoms with E-state index < -0.39 is 6.10 Å². The second kappa shape index (κ2) is 28.8. The maximum absolute atomic E-state index is 11.2. The molecule has 13 heteroatoms. The van der Waals surface area contributed by atoms with Gasteiger partial charge in [0.05, 0.1) is 51.3 Å². The third-order valence-electron chi connectivity index (χ3n) is 11.4. The number of benzene rings is 2. The van der Waals surface area contributed by atoms with Gasteiger partial charge in [0, 0.05) is 25.3 Å². The number of aliphatic hydroxyl groups is 1. The van der Waals surface area contributed by atoms with Crippen LogP contribution in [0.3, 0.4) is 0 Å². The van der Waals surface area contributed by atoms with Gasteiger partial charge < -0.3 is 48.1 Å². The van der Waals surface area contributed by atoms with Crippen molar-refractivity contribution in [3.63, 3.8) is 0 Å². The normalized spacial score (nSPS) is 16.0. The van der Waals surface area contributed by atoms with Gasteiger partial charge in [0.1, 0.15) is 54.5 Å². The molecular weight excluding hydrogens is 791 g/mol. The average molecular weight is 868 g/mol. The number of methoxy groups -OCH3 is 1. The second-order valence-electron chi connectivity index (χ2n) is 16.6. The third kappa shape index (κ3) is 18.2. The summed E-state index contributed by atoms with van der Waals surface area (Å²) in [5, 5.41) is 21.7. The van der Waals surface area contributed by atoms with Gasteiger partial charge in [-0.25, -0.2) is 4.98 Å². The zero-order valence-electron chi connectivity index (χ0n) is 38.8. The molecule has 0 amide bonds. The Morgan fingerprint density at radius 2 is 1.19 bits per heavy atom. The smallest absolute Gasteiger partial charge is 0.320 e. The van der Waals surface area contributed by atoms with Crippen LogP contribution in [0.1, 0.15) is 119 Å². The predicted octanol–water partition coefficient (Wildman–Crippen LogP) is 9.88. The van der Waals surface area contributed by atoms with Gasteiger partial charge in [-0.3, -0.25) is 0 Å². The number of unbranched alkanes of at least 4 members (excludes halogenated alkanes) is 3. The summed E-state index contributed by atoms with van der Waals surface area (Å²) in [4.78, 5) is 13.9. The Labute approximate surface area is 371 Å². The summed E-state index contributed by atoms with van der Waals surface area (Å²) in [5.74, 6) is 3.35. The molecule has 62 heavy (non-hydrogen) atoms. The molecule has 3 aromatic rings. The van der Waals surface area contributed by atoms with Gasteiger partial charge in [-0.05, 0) is 61.3 Å². The summed E-state index contributed by atoms with van der Waals surface area (Å²) in [6.07, 6.45) is 12.5. The molecule has 2 N–H and O–H groups in total. The first-order valence-corrected chi connectivity index (χ1v) is 23.5. The maximum Gasteiger partial charge on any atom is 0.320 e. The zero-order valence-corrected chi connectivity index (χ0v) is 38.8. The van der Waals surface area contributed by atoms with E-state index in [1.165, 1.54) is 32.4 Å². The van der Waals surface area contributed by atoms with Crippen LogP contribution in [0.15, 0.2) is 36.4 Å². The minimum absolute atomic E-state index is 0.0173. The van der Waals surface area contributed by atoms with Gasteiger partial charge in [0.15, 0.2) is 11.6 Å². The van der Waals surface area contributed by atoms with E-state index in [1.54, 1.807) is 12.1 Å². The van der Waals surface area contributed by atoms with Gasteiger partial charge in [-0.15, -0.1) is 0 Å². The number of nitrogens with zero attached hydrogens (tertiary/aromatic N) is 3. The Morgan fingerprint density at radius 3 is 1.76 bits per heavy atom. The van der Waals surface area contributed by atoms with Crippen molar-refractivity contribution in [1.29, 1.82) is 0 Å². The molecule has 2 aromatic carbocycles. The highest BCUT2D eigenvalue weighted by atomic mass is 16.6. The van der Waals surface area contributed by atoms with Gasteiger partial charge in [-0.1, -0.05) is 99.3 Å². The summed E-state index contributed by atoms with van der Waals surface area (Å²) in [5.41, 5.74) is 0.977. The van der Waals surface area contributed by atoms with E-state index in [-0.39, 0.29) is 43.0 Å². The lowest BCUT2D eigenvalue weighted by Gasteiger charge is -2.21. The van der Waals surface area contributed by atoms with Crippen molar-refractivity contribution >= 4 is 0 Å². The summed E-state index contributed by atoms with van der Waals surface area (Å²) in [7, 11) is 1.49. The largest absolute Gasteiger partial charge is 0.507 e. The number of phenolic OH excluding ortho intramolecular Hbond substituents is 1. The quantitative estimate of drug-likeness (QED) is 0.0539. The topological polar surface area (TPSA) is 156 Å².